The number of amides is 5. The van der Waals surface area contributed by atoms with Crippen molar-refractivity contribution in [3.05, 3.63) is 29.8 Å². The summed E-state index contributed by atoms with van der Waals surface area (Å²) in [6, 6.07) is 4.38. The number of nitrogens with two attached hydrogens (primary N) is 1. The van der Waals surface area contributed by atoms with Crippen molar-refractivity contribution in [2.45, 2.75) is 57.0 Å². The van der Waals surface area contributed by atoms with Gasteiger partial charge in [-0.15, -0.1) is 0 Å². The van der Waals surface area contributed by atoms with Gasteiger partial charge in [0.05, 0.1) is 18.5 Å². The Bertz CT molecular complexity index is 1030. The number of fused-ring (bicyclic) bond motifs is 1. The van der Waals surface area contributed by atoms with E-state index in [0.29, 0.717) is 12.3 Å². The van der Waals surface area contributed by atoms with Gasteiger partial charge in [0, 0.05) is 20.0 Å². The maximum atomic E-state index is 13.2. The van der Waals surface area contributed by atoms with Crippen LogP contribution in [0.2, 0.25) is 0 Å². The molecule has 1 fully saturated rings. The zero-order chi connectivity index (χ0) is 28.2. The third-order valence-electron chi connectivity index (χ3n) is 6.92. The van der Waals surface area contributed by atoms with Crippen molar-refractivity contribution in [2.24, 2.45) is 5.73 Å². The lowest BCUT2D eigenvalue weighted by atomic mass is 10.1. The first kappa shape index (κ1) is 29.9. The van der Waals surface area contributed by atoms with Crippen LogP contribution in [-0.4, -0.2) is 97.8 Å². The van der Waals surface area contributed by atoms with Crippen molar-refractivity contribution >= 4 is 29.5 Å². The van der Waals surface area contributed by atoms with Gasteiger partial charge in [0.15, 0.2) is 0 Å². The molecule has 0 radical (unpaired) electrons. The monoisotopic (exact) mass is 544 g/mol. The molecule has 0 saturated carbocycles. The molecule has 2 atom stereocenters. The maximum absolute atomic E-state index is 13.2. The van der Waals surface area contributed by atoms with Gasteiger partial charge in [0.25, 0.3) is 5.91 Å². The number of ether oxygens (including phenoxy) is 1. The average Bonchev–Trinajstić information content (AvgIpc) is 3.43. The Morgan fingerprint density at radius 3 is 2.56 bits per heavy atom. The zero-order valence-electron chi connectivity index (χ0n) is 22.6. The number of carbonyl (C=O) groups is 5. The lowest BCUT2D eigenvalue weighted by Gasteiger charge is -2.26. The van der Waals surface area contributed by atoms with Gasteiger partial charge in [-0.05, 0) is 63.9 Å². The minimum absolute atomic E-state index is 0.00811. The number of nitrogens with one attached hydrogen (secondary N) is 3. The highest BCUT2D eigenvalue weighted by molar-refractivity contribution is 6.01. The van der Waals surface area contributed by atoms with Crippen molar-refractivity contribution < 1.29 is 28.7 Å². The number of likely N-dealkylation sites (tertiary alicyclic amines) is 1. The van der Waals surface area contributed by atoms with Crippen LogP contribution in [0.15, 0.2) is 24.3 Å². The number of unbranched alkanes of at least 4 members (excludes halogenated alkanes) is 1. The fourth-order valence-corrected chi connectivity index (χ4v) is 4.68. The number of primary amides is 1. The Labute approximate surface area is 229 Å². The molecule has 1 aromatic rings. The van der Waals surface area contributed by atoms with E-state index in [1.807, 2.05) is 0 Å². The summed E-state index contributed by atoms with van der Waals surface area (Å²) in [5.74, 6) is -2.39. The predicted octanol–water partition coefficient (Wildman–Crippen LogP) is -0.232. The second kappa shape index (κ2) is 15.1. The fraction of sp³-hybridized carbons (Fsp3) is 0.593. The minimum atomic E-state index is -1.18. The van der Waals surface area contributed by atoms with Crippen LogP contribution >= 0.6 is 0 Å². The summed E-state index contributed by atoms with van der Waals surface area (Å²) >= 11 is 0. The van der Waals surface area contributed by atoms with E-state index in [4.69, 9.17) is 10.5 Å². The van der Waals surface area contributed by atoms with Gasteiger partial charge in [-0.3, -0.25) is 24.0 Å². The van der Waals surface area contributed by atoms with Crippen LogP contribution in [0, 0.1) is 0 Å². The quantitative estimate of drug-likeness (QED) is 0.312. The molecule has 0 bridgehead atoms. The van der Waals surface area contributed by atoms with Crippen LogP contribution in [-0.2, 0) is 19.2 Å². The number of carbonyl (C=O) groups excluding carboxylic acids is 5. The summed E-state index contributed by atoms with van der Waals surface area (Å²) in [7, 11) is 1.56. The summed E-state index contributed by atoms with van der Waals surface area (Å²) in [6.45, 7) is 3.87. The molecule has 0 spiro atoms. The molecule has 5 N–H and O–H groups in total. The first-order chi connectivity index (χ1) is 18.7. The van der Waals surface area contributed by atoms with Crippen LogP contribution in [0.25, 0.3) is 0 Å². The highest BCUT2D eigenvalue weighted by Gasteiger charge is 2.30. The van der Waals surface area contributed by atoms with Gasteiger partial charge in [-0.1, -0.05) is 12.1 Å². The van der Waals surface area contributed by atoms with Gasteiger partial charge in [0.2, 0.25) is 23.6 Å². The third kappa shape index (κ3) is 9.54. The number of hydrogen-bond acceptors (Lipinski definition) is 7. The molecular weight excluding hydrogens is 504 g/mol. The predicted molar refractivity (Wildman–Crippen MR) is 144 cm³/mol. The molecular formula is C27H40N6O6. The summed E-state index contributed by atoms with van der Waals surface area (Å²) in [4.78, 5) is 67.4. The van der Waals surface area contributed by atoms with E-state index in [0.717, 1.165) is 32.5 Å². The van der Waals surface area contributed by atoms with E-state index < -0.39 is 48.0 Å². The molecule has 0 unspecified atom stereocenters. The van der Waals surface area contributed by atoms with E-state index in [2.05, 4.69) is 20.9 Å². The lowest BCUT2D eigenvalue weighted by molar-refractivity contribution is -0.136. The normalized spacial score (nSPS) is 21.3. The topological polar surface area (TPSA) is 163 Å². The van der Waals surface area contributed by atoms with Crippen molar-refractivity contribution in [3.63, 3.8) is 0 Å². The number of benzene rings is 1. The van der Waals surface area contributed by atoms with E-state index in [1.54, 1.807) is 31.3 Å². The number of hydrogen-bond donors (Lipinski definition) is 4. The second-order valence-corrected chi connectivity index (χ2v) is 10.0. The summed E-state index contributed by atoms with van der Waals surface area (Å²) in [5.41, 5.74) is 5.47. The van der Waals surface area contributed by atoms with E-state index in [1.165, 1.54) is 17.7 Å². The molecule has 1 saturated heterocycles. The summed E-state index contributed by atoms with van der Waals surface area (Å²) in [6.07, 6.45) is 3.65. The molecule has 214 valence electrons. The Kier molecular flexibility index (Phi) is 11.5. The molecule has 12 heteroatoms. The lowest BCUT2D eigenvalue weighted by Crippen LogP contribution is -2.53. The van der Waals surface area contributed by atoms with E-state index in [-0.39, 0.29) is 31.6 Å². The SMILES string of the molecule is CN1CCOc2ccccc2C(=O)N[C@H](C(=O)NCCCCN2CCCC2)CC(=O)N[C@@H](CCC(N)=O)C1=O. The number of rotatable bonds is 9. The highest BCUT2D eigenvalue weighted by atomic mass is 16.5. The minimum Gasteiger partial charge on any atom is -0.491 e. The van der Waals surface area contributed by atoms with Crippen LogP contribution in [0.4, 0.5) is 0 Å². The van der Waals surface area contributed by atoms with Gasteiger partial charge >= 0.3 is 0 Å². The molecule has 2 aliphatic heterocycles. The fourth-order valence-electron chi connectivity index (χ4n) is 4.68. The Morgan fingerprint density at radius 1 is 1.08 bits per heavy atom. The highest BCUT2D eigenvalue weighted by Crippen LogP contribution is 2.19. The first-order valence-electron chi connectivity index (χ1n) is 13.6. The van der Waals surface area contributed by atoms with Gasteiger partial charge in [0.1, 0.15) is 24.4 Å². The van der Waals surface area contributed by atoms with E-state index >= 15 is 0 Å². The average molecular weight is 545 g/mol. The zero-order valence-corrected chi connectivity index (χ0v) is 22.6. The van der Waals surface area contributed by atoms with Crippen molar-refractivity contribution in [1.29, 1.82) is 0 Å². The number of para-hydroxylation sites is 1. The van der Waals surface area contributed by atoms with Gasteiger partial charge in [-0.25, -0.2) is 0 Å². The molecule has 0 aliphatic carbocycles. The molecule has 2 heterocycles. The number of likely N-dealkylation sites (N-methyl/N-ethyl adjacent to an activating group) is 1. The smallest absolute Gasteiger partial charge is 0.255 e. The van der Waals surface area contributed by atoms with Crippen LogP contribution in [0.1, 0.15) is 55.3 Å². The molecule has 12 nitrogen and oxygen atoms in total. The van der Waals surface area contributed by atoms with Crippen LogP contribution in [0.3, 0.4) is 0 Å². The largest absolute Gasteiger partial charge is 0.491 e. The Hall–Kier alpha value is -3.67. The molecule has 5 amide bonds. The van der Waals surface area contributed by atoms with Crippen molar-refractivity contribution in [1.82, 2.24) is 25.8 Å². The third-order valence-corrected chi connectivity index (χ3v) is 6.92. The summed E-state index contributed by atoms with van der Waals surface area (Å²) < 4.78 is 5.79. The molecule has 1 aromatic carbocycles. The van der Waals surface area contributed by atoms with Crippen LogP contribution < -0.4 is 26.4 Å². The molecule has 0 aromatic heterocycles. The number of nitrogens with zero attached hydrogens (tertiary/aromatic N) is 2. The standard InChI is InChI=1S/C27H40N6O6/c1-32-16-17-39-22-9-3-2-8-19(22)25(36)31-21(18-24(35)30-20(27(32)38)10-11-23(28)34)26(37)29-12-4-5-13-33-14-6-7-15-33/h2-3,8-9,20-21H,4-7,10-18H2,1H3,(H2,28,34)(H,29,37)(H,30,35)(H,31,36)/t20-,21-/m0/s1. The first-order valence-corrected chi connectivity index (χ1v) is 13.6. The summed E-state index contributed by atoms with van der Waals surface area (Å²) in [5, 5.41) is 8.10. The molecule has 2 aliphatic rings. The van der Waals surface area contributed by atoms with Crippen molar-refractivity contribution in [2.75, 3.05) is 46.4 Å². The van der Waals surface area contributed by atoms with Gasteiger partial charge < -0.3 is 36.2 Å². The maximum Gasteiger partial charge on any atom is 0.255 e. The second-order valence-electron chi connectivity index (χ2n) is 10.0. The molecule has 39 heavy (non-hydrogen) atoms. The molecule has 3 rings (SSSR count). The van der Waals surface area contributed by atoms with E-state index in [9.17, 15) is 24.0 Å². The van der Waals surface area contributed by atoms with Crippen molar-refractivity contribution in [3.8, 4) is 5.75 Å². The Morgan fingerprint density at radius 2 is 1.82 bits per heavy atom. The van der Waals surface area contributed by atoms with Crippen LogP contribution in [0.5, 0.6) is 5.75 Å². The van der Waals surface area contributed by atoms with Gasteiger partial charge in [-0.2, -0.15) is 0 Å². The Balaban J connectivity index is 1.72.